The minimum absolute atomic E-state index is 0.218. The Morgan fingerprint density at radius 1 is 1.10 bits per heavy atom. The molecule has 0 radical (unpaired) electrons. The molecular formula is C16H25NO3. The molecule has 0 unspecified atom stereocenters. The highest BCUT2D eigenvalue weighted by Crippen LogP contribution is 2.26. The van der Waals surface area contributed by atoms with Crippen molar-refractivity contribution >= 4 is 11.7 Å². The largest absolute Gasteiger partial charge is 0.494 e. The SMILES string of the molecule is CCOC(=O)Cc1ccc(N(CC)CC)cc1OCC. The van der Waals surface area contributed by atoms with Crippen LogP contribution in [0.1, 0.15) is 33.3 Å². The fraction of sp³-hybridized carbons (Fsp3) is 0.562. The normalized spacial score (nSPS) is 10.2. The van der Waals surface area contributed by atoms with Gasteiger partial charge in [0.25, 0.3) is 0 Å². The minimum atomic E-state index is -0.218. The van der Waals surface area contributed by atoms with E-state index in [0.717, 1.165) is 30.1 Å². The summed E-state index contributed by atoms with van der Waals surface area (Å²) in [5.41, 5.74) is 1.99. The van der Waals surface area contributed by atoms with Gasteiger partial charge in [-0.25, -0.2) is 0 Å². The van der Waals surface area contributed by atoms with Crippen molar-refractivity contribution in [2.45, 2.75) is 34.1 Å². The smallest absolute Gasteiger partial charge is 0.310 e. The summed E-state index contributed by atoms with van der Waals surface area (Å²) in [6.07, 6.45) is 0.252. The van der Waals surface area contributed by atoms with Crippen molar-refractivity contribution in [1.29, 1.82) is 0 Å². The van der Waals surface area contributed by atoms with E-state index < -0.39 is 0 Å². The predicted molar refractivity (Wildman–Crippen MR) is 81.5 cm³/mol. The third kappa shape index (κ3) is 4.44. The second-order valence-electron chi connectivity index (χ2n) is 4.38. The third-order valence-electron chi connectivity index (χ3n) is 3.12. The number of esters is 1. The van der Waals surface area contributed by atoms with Gasteiger partial charge in [0.15, 0.2) is 0 Å². The van der Waals surface area contributed by atoms with Crippen molar-refractivity contribution in [3.8, 4) is 5.75 Å². The second-order valence-corrected chi connectivity index (χ2v) is 4.38. The summed E-state index contributed by atoms with van der Waals surface area (Å²) in [4.78, 5) is 13.9. The van der Waals surface area contributed by atoms with E-state index >= 15 is 0 Å². The average molecular weight is 279 g/mol. The predicted octanol–water partition coefficient (Wildman–Crippen LogP) is 3.04. The number of hydrogen-bond acceptors (Lipinski definition) is 4. The van der Waals surface area contributed by atoms with Crippen LogP contribution in [0.3, 0.4) is 0 Å². The first-order valence-corrected chi connectivity index (χ1v) is 7.32. The maximum absolute atomic E-state index is 11.6. The molecule has 0 fully saturated rings. The van der Waals surface area contributed by atoms with Crippen LogP contribution in [0.25, 0.3) is 0 Å². The lowest BCUT2D eigenvalue weighted by Gasteiger charge is -2.22. The van der Waals surface area contributed by atoms with Gasteiger partial charge in [-0.3, -0.25) is 4.79 Å². The number of anilines is 1. The zero-order valence-corrected chi connectivity index (χ0v) is 12.9. The zero-order valence-electron chi connectivity index (χ0n) is 12.9. The fourth-order valence-corrected chi connectivity index (χ4v) is 2.13. The van der Waals surface area contributed by atoms with Crippen LogP contribution in [0.4, 0.5) is 5.69 Å². The van der Waals surface area contributed by atoms with E-state index in [1.54, 1.807) is 0 Å². The van der Waals surface area contributed by atoms with Crippen LogP contribution < -0.4 is 9.64 Å². The van der Waals surface area contributed by atoms with Crippen LogP contribution in [0.15, 0.2) is 18.2 Å². The van der Waals surface area contributed by atoms with E-state index in [0.29, 0.717) is 13.2 Å². The Labute approximate surface area is 121 Å². The fourth-order valence-electron chi connectivity index (χ4n) is 2.13. The highest BCUT2D eigenvalue weighted by molar-refractivity contribution is 5.74. The molecule has 4 nitrogen and oxygen atoms in total. The summed E-state index contributed by atoms with van der Waals surface area (Å²) >= 11 is 0. The Morgan fingerprint density at radius 2 is 1.80 bits per heavy atom. The molecule has 0 bridgehead atoms. The molecule has 0 N–H and O–H groups in total. The summed E-state index contributed by atoms with van der Waals surface area (Å²) in [5.74, 6) is 0.550. The number of carbonyl (C=O) groups excluding carboxylic acids is 1. The van der Waals surface area contributed by atoms with Gasteiger partial charge in [0.1, 0.15) is 5.75 Å². The lowest BCUT2D eigenvalue weighted by atomic mass is 10.1. The van der Waals surface area contributed by atoms with E-state index in [2.05, 4.69) is 18.7 Å². The van der Waals surface area contributed by atoms with Crippen molar-refractivity contribution < 1.29 is 14.3 Å². The van der Waals surface area contributed by atoms with Gasteiger partial charge in [0.05, 0.1) is 19.6 Å². The molecule has 4 heteroatoms. The van der Waals surface area contributed by atoms with E-state index in [9.17, 15) is 4.79 Å². The van der Waals surface area contributed by atoms with E-state index in [-0.39, 0.29) is 12.4 Å². The Hall–Kier alpha value is -1.71. The maximum atomic E-state index is 11.6. The molecule has 0 aliphatic rings. The Morgan fingerprint density at radius 3 is 2.35 bits per heavy atom. The third-order valence-corrected chi connectivity index (χ3v) is 3.12. The van der Waals surface area contributed by atoms with Gasteiger partial charge in [-0.05, 0) is 33.8 Å². The highest BCUT2D eigenvalue weighted by Gasteiger charge is 2.12. The molecular weight excluding hydrogens is 254 g/mol. The number of nitrogens with zero attached hydrogens (tertiary/aromatic N) is 1. The van der Waals surface area contributed by atoms with Gasteiger partial charge in [0.2, 0.25) is 0 Å². The number of hydrogen-bond donors (Lipinski definition) is 0. The van der Waals surface area contributed by atoms with Crippen molar-refractivity contribution in [3.05, 3.63) is 23.8 Å². The summed E-state index contributed by atoms with van der Waals surface area (Å²) in [7, 11) is 0. The van der Waals surface area contributed by atoms with E-state index in [1.165, 1.54) is 0 Å². The van der Waals surface area contributed by atoms with Crippen molar-refractivity contribution in [2.75, 3.05) is 31.2 Å². The van der Waals surface area contributed by atoms with Crippen LogP contribution in [0.5, 0.6) is 5.75 Å². The quantitative estimate of drug-likeness (QED) is 0.686. The van der Waals surface area contributed by atoms with Gasteiger partial charge < -0.3 is 14.4 Å². The number of carbonyl (C=O) groups is 1. The topological polar surface area (TPSA) is 38.8 Å². The summed E-state index contributed by atoms with van der Waals surface area (Å²) in [6.45, 7) is 10.9. The van der Waals surface area contributed by atoms with Crippen molar-refractivity contribution in [2.24, 2.45) is 0 Å². The molecule has 0 saturated heterocycles. The molecule has 1 aromatic rings. The molecule has 0 amide bonds. The minimum Gasteiger partial charge on any atom is -0.494 e. The molecule has 0 saturated carbocycles. The molecule has 0 aliphatic carbocycles. The Bertz CT molecular complexity index is 428. The molecule has 0 spiro atoms. The monoisotopic (exact) mass is 279 g/mol. The second kappa shape index (κ2) is 8.46. The molecule has 112 valence electrons. The van der Waals surface area contributed by atoms with E-state index in [1.807, 2.05) is 32.0 Å². The maximum Gasteiger partial charge on any atom is 0.310 e. The standard InChI is InChI=1S/C16H25NO3/c1-5-17(6-2)14-10-9-13(11-16(18)20-8-4)15(12-14)19-7-3/h9-10,12H,5-8,11H2,1-4H3. The van der Waals surface area contributed by atoms with Gasteiger partial charge in [-0.15, -0.1) is 0 Å². The average Bonchev–Trinajstić information content (AvgIpc) is 2.43. The first kappa shape index (κ1) is 16.3. The summed E-state index contributed by atoms with van der Waals surface area (Å²) in [6, 6.07) is 5.99. The molecule has 1 aromatic carbocycles. The molecule has 0 aromatic heterocycles. The van der Waals surface area contributed by atoms with Crippen LogP contribution in [0, 0.1) is 0 Å². The van der Waals surface area contributed by atoms with Crippen LogP contribution >= 0.6 is 0 Å². The number of benzene rings is 1. The molecule has 0 heterocycles. The number of ether oxygens (including phenoxy) is 2. The van der Waals surface area contributed by atoms with E-state index in [4.69, 9.17) is 9.47 Å². The highest BCUT2D eigenvalue weighted by atomic mass is 16.5. The number of rotatable bonds is 8. The van der Waals surface area contributed by atoms with Crippen LogP contribution in [0.2, 0.25) is 0 Å². The zero-order chi connectivity index (χ0) is 15.0. The Balaban J connectivity index is 2.97. The lowest BCUT2D eigenvalue weighted by Crippen LogP contribution is -2.22. The van der Waals surface area contributed by atoms with Gasteiger partial charge >= 0.3 is 5.97 Å². The first-order chi connectivity index (χ1) is 9.65. The summed E-state index contributed by atoms with van der Waals surface area (Å²) < 4.78 is 10.7. The molecule has 1 rings (SSSR count). The lowest BCUT2D eigenvalue weighted by molar-refractivity contribution is -0.142. The van der Waals surface area contributed by atoms with Crippen molar-refractivity contribution in [3.63, 3.8) is 0 Å². The van der Waals surface area contributed by atoms with Gasteiger partial charge in [-0.2, -0.15) is 0 Å². The molecule has 0 aliphatic heterocycles. The van der Waals surface area contributed by atoms with Gasteiger partial charge in [-0.1, -0.05) is 6.07 Å². The van der Waals surface area contributed by atoms with Crippen LogP contribution in [-0.4, -0.2) is 32.3 Å². The van der Waals surface area contributed by atoms with Crippen LogP contribution in [-0.2, 0) is 16.0 Å². The summed E-state index contributed by atoms with van der Waals surface area (Å²) in [5, 5.41) is 0. The Kier molecular flexibility index (Phi) is 6.91. The molecule has 0 atom stereocenters. The molecule has 20 heavy (non-hydrogen) atoms. The van der Waals surface area contributed by atoms with Gasteiger partial charge in [0, 0.05) is 30.4 Å². The van der Waals surface area contributed by atoms with Crippen molar-refractivity contribution in [1.82, 2.24) is 0 Å². The first-order valence-electron chi connectivity index (χ1n) is 7.32.